The summed E-state index contributed by atoms with van der Waals surface area (Å²) in [5.41, 5.74) is 1.12. The van der Waals surface area contributed by atoms with Gasteiger partial charge in [0.1, 0.15) is 18.0 Å². The SMILES string of the molecule is Cc1csc(C2CCCN(c3cc(N4CCCCC4CO)ncn3)C2)n1. The van der Waals surface area contributed by atoms with Gasteiger partial charge in [0.05, 0.1) is 17.7 Å². The highest BCUT2D eigenvalue weighted by Gasteiger charge is 2.27. The van der Waals surface area contributed by atoms with Crippen LogP contribution in [0, 0.1) is 6.92 Å². The van der Waals surface area contributed by atoms with Crippen LogP contribution < -0.4 is 9.80 Å². The van der Waals surface area contributed by atoms with E-state index in [1.807, 2.05) is 0 Å². The number of piperidine rings is 2. The van der Waals surface area contributed by atoms with Gasteiger partial charge in [-0.05, 0) is 39.0 Å². The van der Waals surface area contributed by atoms with Crippen molar-refractivity contribution in [1.29, 1.82) is 0 Å². The van der Waals surface area contributed by atoms with Crippen LogP contribution in [0.25, 0.3) is 0 Å². The first-order valence-corrected chi connectivity index (χ1v) is 10.5. The number of aryl methyl sites for hydroxylation is 1. The monoisotopic (exact) mass is 373 g/mol. The molecule has 2 aliphatic heterocycles. The molecular weight excluding hydrogens is 346 g/mol. The third kappa shape index (κ3) is 3.69. The van der Waals surface area contributed by atoms with Crippen LogP contribution in [-0.2, 0) is 0 Å². The lowest BCUT2D eigenvalue weighted by Gasteiger charge is -2.37. The topological polar surface area (TPSA) is 65.4 Å². The summed E-state index contributed by atoms with van der Waals surface area (Å²) < 4.78 is 0. The molecule has 2 atom stereocenters. The van der Waals surface area contributed by atoms with Gasteiger partial charge >= 0.3 is 0 Å². The van der Waals surface area contributed by atoms with E-state index >= 15 is 0 Å². The zero-order valence-corrected chi connectivity index (χ0v) is 16.2. The minimum Gasteiger partial charge on any atom is -0.394 e. The van der Waals surface area contributed by atoms with Crippen LogP contribution >= 0.6 is 11.3 Å². The Kier molecular flexibility index (Phi) is 5.36. The molecule has 0 bridgehead atoms. The molecule has 2 unspecified atom stereocenters. The van der Waals surface area contributed by atoms with Crippen LogP contribution in [0.15, 0.2) is 17.8 Å². The summed E-state index contributed by atoms with van der Waals surface area (Å²) in [6.45, 7) is 5.21. The van der Waals surface area contributed by atoms with Gasteiger partial charge < -0.3 is 14.9 Å². The van der Waals surface area contributed by atoms with Crippen molar-refractivity contribution in [2.75, 3.05) is 36.0 Å². The van der Waals surface area contributed by atoms with Crippen LogP contribution in [0.3, 0.4) is 0 Å². The predicted octanol–water partition coefficient (Wildman–Crippen LogP) is 2.98. The van der Waals surface area contributed by atoms with E-state index < -0.39 is 0 Å². The third-order valence-electron chi connectivity index (χ3n) is 5.50. The van der Waals surface area contributed by atoms with E-state index in [0.717, 1.165) is 56.2 Å². The number of aromatic nitrogens is 3. The van der Waals surface area contributed by atoms with E-state index in [1.54, 1.807) is 17.7 Å². The van der Waals surface area contributed by atoms with Crippen molar-refractivity contribution < 1.29 is 5.11 Å². The Morgan fingerprint density at radius 1 is 1.15 bits per heavy atom. The summed E-state index contributed by atoms with van der Waals surface area (Å²) in [6.07, 6.45) is 7.40. The van der Waals surface area contributed by atoms with E-state index in [2.05, 4.69) is 38.1 Å². The maximum Gasteiger partial charge on any atom is 0.134 e. The predicted molar refractivity (Wildman–Crippen MR) is 105 cm³/mol. The zero-order chi connectivity index (χ0) is 17.9. The quantitative estimate of drug-likeness (QED) is 0.889. The summed E-state index contributed by atoms with van der Waals surface area (Å²) in [4.78, 5) is 18.4. The van der Waals surface area contributed by atoms with Crippen molar-refractivity contribution in [2.24, 2.45) is 0 Å². The molecule has 2 aliphatic rings. The number of rotatable bonds is 4. The van der Waals surface area contributed by atoms with Gasteiger partial charge in [-0.1, -0.05) is 0 Å². The first-order valence-electron chi connectivity index (χ1n) is 9.61. The normalized spacial score (nSPS) is 24.1. The Labute approximate surface area is 158 Å². The molecule has 2 saturated heterocycles. The smallest absolute Gasteiger partial charge is 0.134 e. The number of aliphatic hydroxyl groups is 1. The standard InChI is InChI=1S/C19H27N5OS/c1-14-12-26-19(22-14)15-5-4-7-23(10-15)17-9-18(21-13-20-17)24-8-3-2-6-16(24)11-25/h9,12-13,15-16,25H,2-8,10-11H2,1H3. The summed E-state index contributed by atoms with van der Waals surface area (Å²) in [7, 11) is 0. The molecule has 0 radical (unpaired) electrons. The lowest BCUT2D eigenvalue weighted by molar-refractivity contribution is 0.239. The molecule has 0 spiro atoms. The van der Waals surface area contributed by atoms with E-state index in [-0.39, 0.29) is 12.6 Å². The molecule has 0 aliphatic carbocycles. The molecule has 2 aromatic rings. The maximum absolute atomic E-state index is 9.70. The number of thiazole rings is 1. The summed E-state index contributed by atoms with van der Waals surface area (Å²) in [5, 5.41) is 13.1. The fraction of sp³-hybridized carbons (Fsp3) is 0.632. The Balaban J connectivity index is 1.52. The number of nitrogens with zero attached hydrogens (tertiary/aromatic N) is 5. The average Bonchev–Trinajstić information content (AvgIpc) is 3.14. The van der Waals surface area contributed by atoms with Crippen molar-refractivity contribution in [3.05, 3.63) is 28.5 Å². The van der Waals surface area contributed by atoms with Gasteiger partial charge in [-0.3, -0.25) is 0 Å². The molecular formula is C19H27N5OS. The summed E-state index contributed by atoms with van der Waals surface area (Å²) >= 11 is 1.78. The fourth-order valence-electron chi connectivity index (χ4n) is 4.11. The highest BCUT2D eigenvalue weighted by molar-refractivity contribution is 7.09. The van der Waals surface area contributed by atoms with Crippen LogP contribution in [0.4, 0.5) is 11.6 Å². The molecule has 2 fully saturated rings. The van der Waals surface area contributed by atoms with Crippen LogP contribution in [0.2, 0.25) is 0 Å². The number of anilines is 2. The summed E-state index contributed by atoms with van der Waals surface area (Å²) in [5.74, 6) is 2.43. The third-order valence-corrected chi connectivity index (χ3v) is 6.63. The molecule has 1 N–H and O–H groups in total. The number of aliphatic hydroxyl groups excluding tert-OH is 1. The molecule has 2 aromatic heterocycles. The number of hydrogen-bond donors (Lipinski definition) is 1. The molecule has 6 nitrogen and oxygen atoms in total. The molecule has 4 heterocycles. The van der Waals surface area contributed by atoms with E-state index in [4.69, 9.17) is 4.98 Å². The second kappa shape index (κ2) is 7.88. The maximum atomic E-state index is 9.70. The molecule has 26 heavy (non-hydrogen) atoms. The minimum absolute atomic E-state index is 0.180. The Bertz CT molecular complexity index is 736. The highest BCUT2D eigenvalue weighted by Crippen LogP contribution is 2.32. The first-order chi connectivity index (χ1) is 12.7. The molecule has 140 valence electrons. The first kappa shape index (κ1) is 17.7. The molecule has 0 amide bonds. The summed E-state index contributed by atoms with van der Waals surface area (Å²) in [6, 6.07) is 2.28. The second-order valence-corrected chi connectivity index (χ2v) is 8.26. The van der Waals surface area contributed by atoms with Crippen LogP contribution in [-0.4, -0.2) is 52.3 Å². The van der Waals surface area contributed by atoms with E-state index in [1.165, 1.54) is 17.8 Å². The van der Waals surface area contributed by atoms with Crippen molar-refractivity contribution in [2.45, 2.75) is 51.0 Å². The van der Waals surface area contributed by atoms with Crippen molar-refractivity contribution >= 4 is 23.0 Å². The molecule has 0 saturated carbocycles. The average molecular weight is 374 g/mol. The van der Waals surface area contributed by atoms with Gasteiger partial charge in [-0.25, -0.2) is 15.0 Å². The van der Waals surface area contributed by atoms with Gasteiger partial charge in [0.15, 0.2) is 0 Å². The lowest BCUT2D eigenvalue weighted by Crippen LogP contribution is -2.42. The zero-order valence-electron chi connectivity index (χ0n) is 15.3. The second-order valence-electron chi connectivity index (χ2n) is 7.37. The number of hydrogen-bond acceptors (Lipinski definition) is 7. The molecule has 0 aromatic carbocycles. The van der Waals surface area contributed by atoms with Gasteiger partial charge in [0.25, 0.3) is 0 Å². The Morgan fingerprint density at radius 3 is 2.85 bits per heavy atom. The van der Waals surface area contributed by atoms with Crippen molar-refractivity contribution in [1.82, 2.24) is 15.0 Å². The van der Waals surface area contributed by atoms with Gasteiger partial charge in [0, 0.05) is 42.7 Å². The Morgan fingerprint density at radius 2 is 2.04 bits per heavy atom. The van der Waals surface area contributed by atoms with Crippen LogP contribution in [0.1, 0.15) is 48.7 Å². The fourth-order valence-corrected chi connectivity index (χ4v) is 5.03. The minimum atomic E-state index is 0.180. The Hall–Kier alpha value is -1.73. The largest absolute Gasteiger partial charge is 0.394 e. The van der Waals surface area contributed by atoms with Gasteiger partial charge in [-0.2, -0.15) is 0 Å². The van der Waals surface area contributed by atoms with E-state index in [0.29, 0.717) is 5.92 Å². The van der Waals surface area contributed by atoms with Gasteiger partial charge in [-0.15, -0.1) is 11.3 Å². The van der Waals surface area contributed by atoms with Gasteiger partial charge in [0.2, 0.25) is 0 Å². The van der Waals surface area contributed by atoms with Crippen molar-refractivity contribution in [3.8, 4) is 0 Å². The van der Waals surface area contributed by atoms with Crippen molar-refractivity contribution in [3.63, 3.8) is 0 Å². The lowest BCUT2D eigenvalue weighted by atomic mass is 9.98. The molecule has 4 rings (SSSR count). The molecule has 7 heteroatoms. The van der Waals surface area contributed by atoms with Crippen LogP contribution in [0.5, 0.6) is 0 Å². The highest BCUT2D eigenvalue weighted by atomic mass is 32.1. The van der Waals surface area contributed by atoms with E-state index in [9.17, 15) is 5.11 Å².